The molecule has 0 radical (unpaired) electrons. The minimum absolute atomic E-state index is 0.326. The summed E-state index contributed by atoms with van der Waals surface area (Å²) in [7, 11) is 1.57. The fourth-order valence-electron chi connectivity index (χ4n) is 0.842. The van der Waals surface area contributed by atoms with Gasteiger partial charge < -0.3 is 5.73 Å². The van der Waals surface area contributed by atoms with Crippen LogP contribution >= 0.6 is 15.9 Å². The van der Waals surface area contributed by atoms with E-state index in [1.54, 1.807) is 19.2 Å². The van der Waals surface area contributed by atoms with Gasteiger partial charge in [0.15, 0.2) is 0 Å². The Morgan fingerprint density at radius 3 is 2.83 bits per heavy atom. The Balaban J connectivity index is 3.32. The predicted octanol–water partition coefficient (Wildman–Crippen LogP) is 2.22. The van der Waals surface area contributed by atoms with Gasteiger partial charge in [0, 0.05) is 18.9 Å². The first-order chi connectivity index (χ1) is 5.66. The summed E-state index contributed by atoms with van der Waals surface area (Å²) >= 11 is 3.06. The van der Waals surface area contributed by atoms with Gasteiger partial charge in [-0.25, -0.2) is 4.39 Å². The highest BCUT2D eigenvalue weighted by atomic mass is 79.9. The lowest BCUT2D eigenvalue weighted by molar-refractivity contribution is 0.620. The zero-order chi connectivity index (χ0) is 9.14. The first-order valence-electron chi connectivity index (χ1n) is 3.32. The average Bonchev–Trinajstić information content (AvgIpc) is 2.06. The third-order valence-corrected chi connectivity index (χ3v) is 2.04. The second kappa shape index (κ2) is 3.67. The smallest absolute Gasteiger partial charge is 0.148 e. The van der Waals surface area contributed by atoms with E-state index in [4.69, 9.17) is 5.73 Å². The van der Waals surface area contributed by atoms with Crippen LogP contribution in [-0.2, 0) is 0 Å². The van der Waals surface area contributed by atoms with E-state index in [1.165, 1.54) is 6.21 Å². The van der Waals surface area contributed by atoms with Crippen LogP contribution in [0.2, 0.25) is 0 Å². The van der Waals surface area contributed by atoms with Crippen molar-refractivity contribution < 1.29 is 4.39 Å². The first-order valence-corrected chi connectivity index (χ1v) is 4.11. The highest BCUT2D eigenvalue weighted by Crippen LogP contribution is 2.22. The summed E-state index contributed by atoms with van der Waals surface area (Å²) in [5.74, 6) is -0.374. The molecule has 0 aliphatic heterocycles. The lowest BCUT2D eigenvalue weighted by Crippen LogP contribution is -1.97. The molecule has 0 aromatic heterocycles. The molecule has 1 aromatic rings. The van der Waals surface area contributed by atoms with Crippen molar-refractivity contribution in [3.63, 3.8) is 0 Å². The molecule has 0 atom stereocenters. The third-order valence-electron chi connectivity index (χ3n) is 1.42. The van der Waals surface area contributed by atoms with Gasteiger partial charge in [-0.1, -0.05) is 0 Å². The summed E-state index contributed by atoms with van der Waals surface area (Å²) in [6.45, 7) is 0. The molecule has 0 heterocycles. The number of halogens is 2. The van der Waals surface area contributed by atoms with Gasteiger partial charge in [-0.2, -0.15) is 0 Å². The van der Waals surface area contributed by atoms with Gasteiger partial charge in [0.1, 0.15) is 5.82 Å². The molecule has 0 fully saturated rings. The van der Waals surface area contributed by atoms with Crippen molar-refractivity contribution in [1.29, 1.82) is 0 Å². The number of anilines is 1. The van der Waals surface area contributed by atoms with Crippen molar-refractivity contribution in [3.8, 4) is 0 Å². The Kier molecular flexibility index (Phi) is 2.81. The van der Waals surface area contributed by atoms with E-state index >= 15 is 0 Å². The Morgan fingerprint density at radius 2 is 2.25 bits per heavy atom. The topological polar surface area (TPSA) is 38.4 Å². The second-order valence-electron chi connectivity index (χ2n) is 2.25. The molecule has 2 N–H and O–H groups in total. The fourth-order valence-corrected chi connectivity index (χ4v) is 1.19. The maximum absolute atomic E-state index is 13.2. The molecule has 0 spiro atoms. The quantitative estimate of drug-likeness (QED) is 0.584. The molecule has 0 unspecified atom stereocenters. The summed E-state index contributed by atoms with van der Waals surface area (Å²) in [5, 5.41) is 0. The van der Waals surface area contributed by atoms with E-state index in [1.807, 2.05) is 0 Å². The number of rotatable bonds is 1. The second-order valence-corrected chi connectivity index (χ2v) is 3.11. The average molecular weight is 231 g/mol. The number of benzene rings is 1. The Morgan fingerprint density at radius 1 is 1.58 bits per heavy atom. The Bertz CT molecular complexity index is 323. The van der Waals surface area contributed by atoms with E-state index in [9.17, 15) is 4.39 Å². The molecule has 0 aliphatic rings. The minimum Gasteiger partial charge on any atom is -0.398 e. The van der Waals surface area contributed by atoms with E-state index in [0.29, 0.717) is 15.7 Å². The van der Waals surface area contributed by atoms with E-state index in [0.717, 1.165) is 0 Å². The Hall–Kier alpha value is -0.900. The number of hydrogen-bond acceptors (Lipinski definition) is 2. The highest BCUT2D eigenvalue weighted by Gasteiger charge is 2.06. The van der Waals surface area contributed by atoms with Crippen molar-refractivity contribution in [2.75, 3.05) is 12.8 Å². The van der Waals surface area contributed by atoms with Crippen molar-refractivity contribution in [1.82, 2.24) is 0 Å². The molecule has 0 bridgehead atoms. The predicted molar refractivity (Wildman–Crippen MR) is 52.0 cm³/mol. The van der Waals surface area contributed by atoms with E-state index < -0.39 is 0 Å². The first kappa shape index (κ1) is 9.19. The monoisotopic (exact) mass is 230 g/mol. The number of nitrogens with zero attached hydrogens (tertiary/aromatic N) is 1. The molecule has 64 valence electrons. The van der Waals surface area contributed by atoms with Gasteiger partial charge in [0.25, 0.3) is 0 Å². The molecule has 0 saturated heterocycles. The van der Waals surface area contributed by atoms with Crippen molar-refractivity contribution >= 4 is 27.8 Å². The van der Waals surface area contributed by atoms with Gasteiger partial charge in [-0.3, -0.25) is 4.99 Å². The zero-order valence-electron chi connectivity index (χ0n) is 6.51. The summed E-state index contributed by atoms with van der Waals surface area (Å²) in [6.07, 6.45) is 1.40. The van der Waals surface area contributed by atoms with Crippen molar-refractivity contribution in [2.45, 2.75) is 0 Å². The molecule has 0 saturated carbocycles. The van der Waals surface area contributed by atoms with Crippen molar-refractivity contribution in [2.24, 2.45) is 4.99 Å². The molecule has 12 heavy (non-hydrogen) atoms. The van der Waals surface area contributed by atoms with Gasteiger partial charge in [0.2, 0.25) is 0 Å². The van der Waals surface area contributed by atoms with Crippen LogP contribution < -0.4 is 5.73 Å². The van der Waals surface area contributed by atoms with Crippen LogP contribution in [0.4, 0.5) is 10.1 Å². The summed E-state index contributed by atoms with van der Waals surface area (Å²) in [6, 6.07) is 3.20. The summed E-state index contributed by atoms with van der Waals surface area (Å²) < 4.78 is 13.6. The molecule has 0 amide bonds. The fraction of sp³-hybridized carbons (Fsp3) is 0.125. The SMILES string of the molecule is CN=Cc1c(N)ccc(Br)c1F. The van der Waals surface area contributed by atoms with E-state index in [-0.39, 0.29) is 5.82 Å². The molecule has 2 nitrogen and oxygen atoms in total. The maximum Gasteiger partial charge on any atom is 0.148 e. The molecular weight excluding hydrogens is 223 g/mol. The van der Waals surface area contributed by atoms with Crippen molar-refractivity contribution in [3.05, 3.63) is 28.0 Å². The van der Waals surface area contributed by atoms with Gasteiger partial charge in [0.05, 0.1) is 10.0 Å². The lowest BCUT2D eigenvalue weighted by Gasteiger charge is -2.02. The molecule has 1 aromatic carbocycles. The molecule has 1 rings (SSSR count). The third kappa shape index (κ3) is 1.64. The van der Waals surface area contributed by atoms with Gasteiger partial charge in [-0.05, 0) is 28.1 Å². The van der Waals surface area contributed by atoms with Crippen LogP contribution in [-0.4, -0.2) is 13.3 Å². The summed E-state index contributed by atoms with van der Waals surface area (Å²) in [5.41, 5.74) is 6.24. The van der Waals surface area contributed by atoms with Gasteiger partial charge >= 0.3 is 0 Å². The molecule has 4 heteroatoms. The lowest BCUT2D eigenvalue weighted by atomic mass is 10.2. The largest absolute Gasteiger partial charge is 0.398 e. The summed E-state index contributed by atoms with van der Waals surface area (Å²) in [4.78, 5) is 3.70. The number of hydrogen-bond donors (Lipinski definition) is 1. The van der Waals surface area contributed by atoms with E-state index in [2.05, 4.69) is 20.9 Å². The van der Waals surface area contributed by atoms with Crippen LogP contribution in [0.25, 0.3) is 0 Å². The van der Waals surface area contributed by atoms with Gasteiger partial charge in [-0.15, -0.1) is 0 Å². The highest BCUT2D eigenvalue weighted by molar-refractivity contribution is 9.10. The number of aliphatic imine (C=N–C) groups is 1. The van der Waals surface area contributed by atoms with Crippen LogP contribution in [0, 0.1) is 5.82 Å². The number of nitrogen functional groups attached to an aromatic ring is 1. The maximum atomic E-state index is 13.2. The number of nitrogens with two attached hydrogens (primary N) is 1. The van der Waals surface area contributed by atoms with Crippen LogP contribution in [0.5, 0.6) is 0 Å². The van der Waals surface area contributed by atoms with Crippen LogP contribution in [0.15, 0.2) is 21.6 Å². The molecular formula is C8H8BrFN2. The molecule has 0 aliphatic carbocycles. The normalized spacial score (nSPS) is 10.9. The Labute approximate surface area is 78.4 Å². The van der Waals surface area contributed by atoms with Crippen LogP contribution in [0.3, 0.4) is 0 Å². The zero-order valence-corrected chi connectivity index (χ0v) is 8.10. The minimum atomic E-state index is -0.374. The van der Waals surface area contributed by atoms with Crippen LogP contribution in [0.1, 0.15) is 5.56 Å². The standard InChI is InChI=1S/C8H8BrFN2/c1-12-4-5-7(11)3-2-6(9)8(5)10/h2-4H,11H2,1H3.